The molecule has 278 valence electrons. The fourth-order valence-corrected chi connectivity index (χ4v) is 9.54. The molecule has 1 unspecified atom stereocenters. The van der Waals surface area contributed by atoms with Crippen molar-refractivity contribution in [1.29, 1.82) is 0 Å². The number of benzene rings is 3. The minimum atomic E-state index is -1.04. The highest BCUT2D eigenvalue weighted by Gasteiger charge is 2.40. The number of aromatic nitrogens is 2. The van der Waals surface area contributed by atoms with Gasteiger partial charge in [0.25, 0.3) is 5.91 Å². The molecule has 5 aliphatic rings. The third kappa shape index (κ3) is 6.48. The van der Waals surface area contributed by atoms with Gasteiger partial charge in [0.15, 0.2) is 17.4 Å². The van der Waals surface area contributed by atoms with Gasteiger partial charge < -0.3 is 25.1 Å². The predicted octanol–water partition coefficient (Wildman–Crippen LogP) is 4.38. The topological polar surface area (TPSA) is 134 Å². The van der Waals surface area contributed by atoms with Crippen molar-refractivity contribution in [2.24, 2.45) is 0 Å². The number of rotatable bonds is 7. The number of fused-ring (bicyclic) bond motifs is 4. The second kappa shape index (κ2) is 13.9. The summed E-state index contributed by atoms with van der Waals surface area (Å²) < 4.78 is 28.1. The van der Waals surface area contributed by atoms with Crippen molar-refractivity contribution in [2.75, 3.05) is 54.4 Å². The summed E-state index contributed by atoms with van der Waals surface area (Å²) in [5.41, 5.74) is 4.78. The number of carbonyl (C=O) groups excluding carboxylic acids is 3. The summed E-state index contributed by atoms with van der Waals surface area (Å²) in [5.74, 6) is -2.71. The summed E-state index contributed by atoms with van der Waals surface area (Å²) in [4.78, 5) is 47.2. The first-order valence-electron chi connectivity index (χ1n) is 18.2. The number of nitrogens with zero attached hydrogens (tertiary/aromatic N) is 6. The molecule has 1 aromatic heterocycles. The van der Waals surface area contributed by atoms with Crippen molar-refractivity contribution >= 4 is 46.7 Å². The van der Waals surface area contributed by atoms with E-state index in [1.807, 2.05) is 23.9 Å². The fraction of sp³-hybridized carbons (Fsp3) is 0.359. The predicted molar refractivity (Wildman–Crippen MR) is 199 cm³/mol. The minimum absolute atomic E-state index is 0.0321. The van der Waals surface area contributed by atoms with Crippen LogP contribution >= 0.6 is 11.8 Å². The molecular weight excluding hydrogens is 715 g/mol. The number of nitrogens with one attached hydrogen (secondary N) is 2. The van der Waals surface area contributed by atoms with Crippen LogP contribution in [0, 0.1) is 11.6 Å². The molecule has 0 saturated carbocycles. The number of piperazine rings is 1. The molecule has 0 spiro atoms. The number of piperidine rings is 1. The molecule has 54 heavy (non-hydrogen) atoms. The number of phenolic OH excluding ortho intramolecular Hbond substituents is 1. The van der Waals surface area contributed by atoms with Gasteiger partial charge in [0.05, 0.1) is 11.4 Å². The number of hydrogen-bond acceptors (Lipinski definition) is 11. The molecule has 0 radical (unpaired) electrons. The summed E-state index contributed by atoms with van der Waals surface area (Å²) in [6.07, 6.45) is 1.55. The molecule has 6 heterocycles. The summed E-state index contributed by atoms with van der Waals surface area (Å²) in [5, 5.41) is 24.7. The van der Waals surface area contributed by atoms with Crippen LogP contribution in [0.4, 0.5) is 26.0 Å². The van der Waals surface area contributed by atoms with E-state index < -0.39 is 29.3 Å². The van der Waals surface area contributed by atoms with Crippen LogP contribution in [0.3, 0.4) is 0 Å². The lowest BCUT2D eigenvalue weighted by atomic mass is 10.0. The second-order valence-electron chi connectivity index (χ2n) is 14.6. The molecule has 3 saturated heterocycles. The zero-order chi connectivity index (χ0) is 37.1. The van der Waals surface area contributed by atoms with E-state index in [4.69, 9.17) is 0 Å². The molecule has 3 amide bonds. The molecule has 9 rings (SSSR count). The molecule has 5 aliphatic heterocycles. The van der Waals surface area contributed by atoms with Gasteiger partial charge in [-0.1, -0.05) is 18.2 Å². The Morgan fingerprint density at radius 1 is 0.907 bits per heavy atom. The smallest absolute Gasteiger partial charge is 0.255 e. The molecule has 3 aromatic carbocycles. The number of amides is 3. The van der Waals surface area contributed by atoms with E-state index in [0.29, 0.717) is 35.7 Å². The van der Waals surface area contributed by atoms with E-state index in [2.05, 4.69) is 65.9 Å². The van der Waals surface area contributed by atoms with E-state index in [-0.39, 0.29) is 35.5 Å². The highest BCUT2D eigenvalue weighted by atomic mass is 32.2. The fourth-order valence-electron chi connectivity index (χ4n) is 8.31. The number of imide groups is 1. The lowest BCUT2D eigenvalue weighted by molar-refractivity contribution is -0.136. The Bertz CT molecular complexity index is 2170. The van der Waals surface area contributed by atoms with Crippen LogP contribution in [0.25, 0.3) is 11.3 Å². The van der Waals surface area contributed by atoms with Crippen molar-refractivity contribution < 1.29 is 28.3 Å². The summed E-state index contributed by atoms with van der Waals surface area (Å²) in [6.45, 7) is 6.17. The van der Waals surface area contributed by atoms with Crippen LogP contribution in [0.15, 0.2) is 65.6 Å². The van der Waals surface area contributed by atoms with Gasteiger partial charge in [0.1, 0.15) is 11.9 Å². The molecule has 15 heteroatoms. The van der Waals surface area contributed by atoms with Crippen molar-refractivity contribution in [3.63, 3.8) is 0 Å². The number of phenols is 1. The maximum atomic E-state index is 14.1. The second-order valence-corrected chi connectivity index (χ2v) is 15.9. The molecular formula is C39H38F2N8O4S. The lowest BCUT2D eigenvalue weighted by Crippen LogP contribution is -2.52. The average Bonchev–Trinajstić information content (AvgIpc) is 3.74. The average molecular weight is 753 g/mol. The van der Waals surface area contributed by atoms with Gasteiger partial charge in [0, 0.05) is 97.8 Å². The van der Waals surface area contributed by atoms with Crippen molar-refractivity contribution in [3.05, 3.63) is 89.0 Å². The van der Waals surface area contributed by atoms with Gasteiger partial charge in [-0.25, -0.2) is 8.78 Å². The highest BCUT2D eigenvalue weighted by molar-refractivity contribution is 8.00. The standard InChI is InChI=1S/C39H38F2N8O4S/c40-24-13-30(36(51)31(41)14-24)32-17-34-37(45-44-32)42-18-26-15-28(21-48(26)34)54-27-5-1-22(2-6-27)19-46-9-11-47(12-10-46)25-4-3-23-20-49(39(53)29(23)16-25)33-7-8-35(50)43-38(33)52/h1-6,13-14,16-17,26,28,33,51H,7-12,15,18-21H2,(H,42,45)(H,43,50,52)/t26-,28-,33?/m1/s1. The quantitative estimate of drug-likeness (QED) is 0.233. The molecule has 0 aliphatic carbocycles. The van der Waals surface area contributed by atoms with Crippen LogP contribution < -0.4 is 20.4 Å². The summed E-state index contributed by atoms with van der Waals surface area (Å²) in [7, 11) is 0. The van der Waals surface area contributed by atoms with E-state index in [1.165, 1.54) is 10.5 Å². The van der Waals surface area contributed by atoms with Crippen LogP contribution in [0.5, 0.6) is 5.75 Å². The Labute approximate surface area is 314 Å². The van der Waals surface area contributed by atoms with E-state index in [9.17, 15) is 28.3 Å². The van der Waals surface area contributed by atoms with Crippen molar-refractivity contribution in [2.45, 2.75) is 54.6 Å². The third-order valence-electron chi connectivity index (χ3n) is 11.2. The zero-order valence-electron chi connectivity index (χ0n) is 29.3. The number of hydrogen-bond donors (Lipinski definition) is 3. The summed E-state index contributed by atoms with van der Waals surface area (Å²) >= 11 is 1.84. The van der Waals surface area contributed by atoms with Gasteiger partial charge >= 0.3 is 0 Å². The molecule has 3 fully saturated rings. The molecule has 0 bridgehead atoms. The maximum absolute atomic E-state index is 14.1. The normalized spacial score (nSPS) is 22.5. The summed E-state index contributed by atoms with van der Waals surface area (Å²) in [6, 6.07) is 17.8. The Morgan fingerprint density at radius 3 is 2.52 bits per heavy atom. The Kier molecular flexibility index (Phi) is 8.85. The monoisotopic (exact) mass is 752 g/mol. The van der Waals surface area contributed by atoms with Crippen LogP contribution in [0.1, 0.15) is 40.7 Å². The Hall–Kier alpha value is -5.28. The van der Waals surface area contributed by atoms with Crippen LogP contribution in [0.2, 0.25) is 0 Å². The first-order chi connectivity index (χ1) is 26.2. The third-order valence-corrected chi connectivity index (χ3v) is 12.4. The zero-order valence-corrected chi connectivity index (χ0v) is 30.1. The van der Waals surface area contributed by atoms with Gasteiger partial charge in [0.2, 0.25) is 11.8 Å². The lowest BCUT2D eigenvalue weighted by Gasteiger charge is -2.36. The van der Waals surface area contributed by atoms with Crippen molar-refractivity contribution in [3.8, 4) is 17.0 Å². The maximum Gasteiger partial charge on any atom is 0.255 e. The minimum Gasteiger partial charge on any atom is -0.504 e. The first-order valence-corrected chi connectivity index (χ1v) is 19.1. The Balaban J connectivity index is 0.784. The van der Waals surface area contributed by atoms with E-state index >= 15 is 0 Å². The number of halogens is 2. The number of carbonyl (C=O) groups is 3. The molecule has 12 nitrogen and oxygen atoms in total. The van der Waals surface area contributed by atoms with E-state index in [0.717, 1.165) is 75.2 Å². The van der Waals surface area contributed by atoms with Gasteiger partial charge in [-0.15, -0.1) is 22.0 Å². The SMILES string of the molecule is O=C1CCC(N2Cc3ccc(N4CCN(Cc5ccc(S[C@@H]6C[C@@H]7CNc8nnc(-c9cc(F)cc(F)c9O)cc8N7C6)cc5)CC4)cc3C2=O)C(=O)N1. The van der Waals surface area contributed by atoms with Gasteiger partial charge in [-0.2, -0.15) is 0 Å². The van der Waals surface area contributed by atoms with Gasteiger partial charge in [-0.05, 0) is 60.4 Å². The van der Waals surface area contributed by atoms with Crippen molar-refractivity contribution in [1.82, 2.24) is 25.3 Å². The van der Waals surface area contributed by atoms with Crippen LogP contribution in [-0.2, 0) is 22.7 Å². The molecule has 3 N–H and O–H groups in total. The van der Waals surface area contributed by atoms with E-state index in [1.54, 1.807) is 11.0 Å². The number of anilines is 3. The highest BCUT2D eigenvalue weighted by Crippen LogP contribution is 2.42. The van der Waals surface area contributed by atoms with Crippen LogP contribution in [-0.4, -0.2) is 99.4 Å². The Morgan fingerprint density at radius 2 is 1.72 bits per heavy atom. The molecule has 3 atom stereocenters. The van der Waals surface area contributed by atoms with Gasteiger partial charge in [-0.3, -0.25) is 24.6 Å². The number of thioether (sulfide) groups is 1. The molecule has 4 aromatic rings. The first kappa shape index (κ1) is 34.5. The largest absolute Gasteiger partial charge is 0.504 e. The number of aromatic hydroxyl groups is 1.